The Morgan fingerprint density at radius 1 is 0.946 bits per heavy atom. The van der Waals surface area contributed by atoms with Crippen LogP contribution in [0.25, 0.3) is 0 Å². The van der Waals surface area contributed by atoms with E-state index in [1.165, 1.54) is 42.3 Å². The van der Waals surface area contributed by atoms with Crippen molar-refractivity contribution in [3.63, 3.8) is 0 Å². The number of benzene rings is 3. The number of carbonyl (C=O) groups is 2. The van der Waals surface area contributed by atoms with Crippen LogP contribution in [0.1, 0.15) is 24.5 Å². The average Bonchev–Trinajstić information content (AvgIpc) is 2.87. The first kappa shape index (κ1) is 28.5. The molecular weight excluding hydrogens is 533 g/mol. The molecular formula is C27H29Cl2N3O4S. The number of hydrogen-bond donors (Lipinski definition) is 1. The number of rotatable bonds is 10. The standard InChI is InChI=1S/C27H29Cl2N3O4S/c1-4-25(27(34)30-3)31(17-20-11-9-8-10-19(20)2)26(33)18-32(23-15-21(28)14-22(29)16-23)37(35,36)24-12-6-5-7-13-24/h5-16,25H,4,17-18H2,1-3H3,(H,30,34). The Morgan fingerprint density at radius 2 is 1.54 bits per heavy atom. The molecule has 1 atom stereocenters. The third-order valence-electron chi connectivity index (χ3n) is 5.98. The summed E-state index contributed by atoms with van der Waals surface area (Å²) in [7, 11) is -2.69. The van der Waals surface area contributed by atoms with Crippen LogP contribution in [0, 0.1) is 6.92 Å². The maximum Gasteiger partial charge on any atom is 0.264 e. The summed E-state index contributed by atoms with van der Waals surface area (Å²) in [6.07, 6.45) is 0.339. The van der Waals surface area contributed by atoms with Crippen molar-refractivity contribution < 1.29 is 18.0 Å². The van der Waals surface area contributed by atoms with Crippen molar-refractivity contribution in [3.05, 3.63) is 94.0 Å². The molecule has 0 fully saturated rings. The van der Waals surface area contributed by atoms with Gasteiger partial charge in [-0.2, -0.15) is 0 Å². The zero-order valence-corrected chi connectivity index (χ0v) is 23.1. The van der Waals surface area contributed by atoms with Crippen molar-refractivity contribution in [1.29, 1.82) is 0 Å². The molecule has 0 saturated carbocycles. The van der Waals surface area contributed by atoms with Gasteiger partial charge in [0.1, 0.15) is 12.6 Å². The van der Waals surface area contributed by atoms with Gasteiger partial charge in [-0.1, -0.05) is 72.6 Å². The summed E-state index contributed by atoms with van der Waals surface area (Å²) in [6.45, 7) is 3.28. The zero-order chi connectivity index (χ0) is 27.2. The van der Waals surface area contributed by atoms with Gasteiger partial charge in [-0.15, -0.1) is 0 Å². The van der Waals surface area contributed by atoms with Gasteiger partial charge in [-0.05, 0) is 54.8 Å². The topological polar surface area (TPSA) is 86.8 Å². The van der Waals surface area contributed by atoms with Gasteiger partial charge < -0.3 is 10.2 Å². The van der Waals surface area contributed by atoms with Crippen molar-refractivity contribution in [2.75, 3.05) is 17.9 Å². The highest BCUT2D eigenvalue weighted by Crippen LogP contribution is 2.30. The van der Waals surface area contributed by atoms with E-state index in [9.17, 15) is 18.0 Å². The molecule has 0 bridgehead atoms. The molecule has 0 aliphatic rings. The first-order valence-corrected chi connectivity index (χ1v) is 13.9. The van der Waals surface area contributed by atoms with E-state index in [4.69, 9.17) is 23.2 Å². The fraction of sp³-hybridized carbons (Fsp3) is 0.259. The van der Waals surface area contributed by atoms with Crippen LogP contribution in [0.3, 0.4) is 0 Å². The molecule has 1 N–H and O–H groups in total. The quantitative estimate of drug-likeness (QED) is 0.375. The van der Waals surface area contributed by atoms with E-state index < -0.39 is 28.5 Å². The zero-order valence-electron chi connectivity index (χ0n) is 20.8. The number of amides is 2. The van der Waals surface area contributed by atoms with E-state index in [-0.39, 0.29) is 33.1 Å². The minimum atomic E-state index is -4.19. The van der Waals surface area contributed by atoms with Gasteiger partial charge in [0, 0.05) is 23.6 Å². The molecule has 0 aliphatic heterocycles. The number of aryl methyl sites for hydroxylation is 1. The summed E-state index contributed by atoms with van der Waals surface area (Å²) < 4.78 is 28.5. The Morgan fingerprint density at radius 3 is 2.11 bits per heavy atom. The fourth-order valence-electron chi connectivity index (χ4n) is 3.99. The number of halogens is 2. The van der Waals surface area contributed by atoms with Crippen LogP contribution in [0.5, 0.6) is 0 Å². The van der Waals surface area contributed by atoms with Crippen LogP contribution in [0.15, 0.2) is 77.7 Å². The normalized spacial score (nSPS) is 12.0. The van der Waals surface area contributed by atoms with Crippen LogP contribution in [-0.2, 0) is 26.2 Å². The van der Waals surface area contributed by atoms with E-state index in [0.29, 0.717) is 6.42 Å². The first-order chi connectivity index (χ1) is 17.6. The molecule has 2 amide bonds. The molecule has 3 rings (SSSR count). The number of sulfonamides is 1. The van der Waals surface area contributed by atoms with Gasteiger partial charge in [0.05, 0.1) is 10.6 Å². The molecule has 3 aromatic carbocycles. The molecule has 7 nitrogen and oxygen atoms in total. The second-order valence-corrected chi connectivity index (χ2v) is 11.2. The Kier molecular flexibility index (Phi) is 9.59. The highest BCUT2D eigenvalue weighted by atomic mass is 35.5. The number of hydrogen-bond acceptors (Lipinski definition) is 4. The monoisotopic (exact) mass is 561 g/mol. The minimum Gasteiger partial charge on any atom is -0.357 e. The number of nitrogens with zero attached hydrogens (tertiary/aromatic N) is 2. The van der Waals surface area contributed by atoms with E-state index in [2.05, 4.69) is 5.32 Å². The molecule has 0 aromatic heterocycles. The van der Waals surface area contributed by atoms with Crippen molar-refractivity contribution >= 4 is 50.7 Å². The average molecular weight is 563 g/mol. The highest BCUT2D eigenvalue weighted by Gasteiger charge is 2.33. The molecule has 0 spiro atoms. The van der Waals surface area contributed by atoms with Gasteiger partial charge in [0.15, 0.2) is 0 Å². The van der Waals surface area contributed by atoms with Crippen LogP contribution in [0.2, 0.25) is 10.0 Å². The molecule has 1 unspecified atom stereocenters. The summed E-state index contributed by atoms with van der Waals surface area (Å²) in [6, 6.07) is 18.9. The molecule has 0 radical (unpaired) electrons. The number of anilines is 1. The van der Waals surface area contributed by atoms with Gasteiger partial charge in [-0.25, -0.2) is 8.42 Å². The minimum absolute atomic E-state index is 0.00249. The first-order valence-electron chi connectivity index (χ1n) is 11.7. The predicted molar refractivity (Wildman–Crippen MR) is 147 cm³/mol. The second kappa shape index (κ2) is 12.4. The SMILES string of the molecule is CCC(C(=O)NC)N(Cc1ccccc1C)C(=O)CN(c1cc(Cl)cc(Cl)c1)S(=O)(=O)c1ccccc1. The van der Waals surface area contributed by atoms with Crippen LogP contribution in [-0.4, -0.2) is 44.8 Å². The van der Waals surface area contributed by atoms with Crippen LogP contribution >= 0.6 is 23.2 Å². The molecule has 0 heterocycles. The van der Waals surface area contributed by atoms with Gasteiger partial charge in [0.25, 0.3) is 10.0 Å². The number of carbonyl (C=O) groups excluding carboxylic acids is 2. The summed E-state index contributed by atoms with van der Waals surface area (Å²) in [5, 5.41) is 3.05. The Balaban J connectivity index is 2.10. The largest absolute Gasteiger partial charge is 0.357 e. The van der Waals surface area contributed by atoms with Crippen LogP contribution < -0.4 is 9.62 Å². The predicted octanol–water partition coefficient (Wildman–Crippen LogP) is 5.05. The fourth-order valence-corrected chi connectivity index (χ4v) is 5.92. The Bertz CT molecular complexity index is 1350. The highest BCUT2D eigenvalue weighted by molar-refractivity contribution is 7.92. The molecule has 196 valence electrons. The lowest BCUT2D eigenvalue weighted by Crippen LogP contribution is -2.51. The lowest BCUT2D eigenvalue weighted by Gasteiger charge is -2.33. The Hall–Kier alpha value is -3.07. The lowest BCUT2D eigenvalue weighted by molar-refractivity contribution is -0.140. The van der Waals surface area contributed by atoms with Gasteiger partial charge in [-0.3, -0.25) is 13.9 Å². The third-order valence-corrected chi connectivity index (χ3v) is 8.20. The maximum atomic E-state index is 13.9. The lowest BCUT2D eigenvalue weighted by atomic mass is 10.1. The molecule has 0 aliphatic carbocycles. The number of likely N-dealkylation sites (N-methyl/N-ethyl adjacent to an activating group) is 1. The third kappa shape index (κ3) is 6.83. The number of nitrogens with one attached hydrogen (secondary N) is 1. The van der Waals surface area contributed by atoms with E-state index in [0.717, 1.165) is 15.4 Å². The molecule has 0 saturated heterocycles. The maximum absolute atomic E-state index is 13.9. The second-order valence-electron chi connectivity index (χ2n) is 8.44. The summed E-state index contributed by atoms with van der Waals surface area (Å²) >= 11 is 12.4. The van der Waals surface area contributed by atoms with E-state index >= 15 is 0 Å². The van der Waals surface area contributed by atoms with E-state index in [1.807, 2.05) is 31.2 Å². The Labute approximate surface area is 228 Å². The molecule has 3 aromatic rings. The molecule has 37 heavy (non-hydrogen) atoms. The van der Waals surface area contributed by atoms with Crippen molar-refractivity contribution in [2.24, 2.45) is 0 Å². The van der Waals surface area contributed by atoms with Crippen molar-refractivity contribution in [2.45, 2.75) is 37.8 Å². The van der Waals surface area contributed by atoms with Gasteiger partial charge >= 0.3 is 0 Å². The van der Waals surface area contributed by atoms with Gasteiger partial charge in [0.2, 0.25) is 11.8 Å². The summed E-state index contributed by atoms with van der Waals surface area (Å²) in [5.74, 6) is -0.887. The van der Waals surface area contributed by atoms with E-state index in [1.54, 1.807) is 25.1 Å². The smallest absolute Gasteiger partial charge is 0.264 e. The summed E-state index contributed by atoms with van der Waals surface area (Å²) in [5.41, 5.74) is 1.93. The molecule has 10 heteroatoms. The van der Waals surface area contributed by atoms with Crippen molar-refractivity contribution in [1.82, 2.24) is 10.2 Å². The van der Waals surface area contributed by atoms with Crippen LogP contribution in [0.4, 0.5) is 5.69 Å². The van der Waals surface area contributed by atoms with Crippen molar-refractivity contribution in [3.8, 4) is 0 Å². The summed E-state index contributed by atoms with van der Waals surface area (Å²) in [4.78, 5) is 28.1.